The van der Waals surface area contributed by atoms with Crippen molar-refractivity contribution in [2.24, 2.45) is 0 Å². The van der Waals surface area contributed by atoms with Crippen LogP contribution in [0.3, 0.4) is 0 Å². The van der Waals surface area contributed by atoms with Crippen LogP contribution in [-0.4, -0.2) is 9.97 Å². The molecule has 1 aliphatic carbocycles. The number of benzene rings is 1. The first kappa shape index (κ1) is 12.0. The van der Waals surface area contributed by atoms with Crippen LogP contribution >= 0.6 is 0 Å². The molecule has 1 heterocycles. The van der Waals surface area contributed by atoms with E-state index in [0.29, 0.717) is 5.92 Å². The highest BCUT2D eigenvalue weighted by Crippen LogP contribution is 2.46. The molecular formula is C16H17N3. The van der Waals surface area contributed by atoms with Gasteiger partial charge in [-0.25, -0.2) is 4.98 Å². The lowest BCUT2D eigenvalue weighted by atomic mass is 10.0. The quantitative estimate of drug-likeness (QED) is 0.903. The molecule has 1 aromatic heterocycles. The summed E-state index contributed by atoms with van der Waals surface area (Å²) in [7, 11) is 0. The highest BCUT2D eigenvalue weighted by molar-refractivity contribution is 5.59. The Balaban J connectivity index is 1.89. The van der Waals surface area contributed by atoms with E-state index in [0.717, 1.165) is 29.9 Å². The summed E-state index contributed by atoms with van der Waals surface area (Å²) in [5, 5.41) is 9.18. The summed E-state index contributed by atoms with van der Waals surface area (Å²) in [6.07, 6.45) is 3.67. The smallest absolute Gasteiger partial charge is 0.127 e. The molecular weight excluding hydrogens is 234 g/mol. The predicted octanol–water partition coefficient (Wildman–Crippen LogP) is 3.76. The van der Waals surface area contributed by atoms with Gasteiger partial charge in [0.15, 0.2) is 0 Å². The Kier molecular flexibility index (Phi) is 2.67. The molecule has 3 rings (SSSR count). The Morgan fingerprint density at radius 3 is 2.47 bits per heavy atom. The van der Waals surface area contributed by atoms with E-state index in [9.17, 15) is 5.26 Å². The van der Waals surface area contributed by atoms with Crippen molar-refractivity contribution in [3.63, 3.8) is 0 Å². The largest absolute Gasteiger partial charge is 0.341 e. The molecule has 3 nitrogen and oxygen atoms in total. The van der Waals surface area contributed by atoms with Crippen molar-refractivity contribution < 1.29 is 0 Å². The molecule has 3 heteroatoms. The van der Waals surface area contributed by atoms with Gasteiger partial charge in [-0.2, -0.15) is 5.26 Å². The lowest BCUT2D eigenvalue weighted by Gasteiger charge is -2.06. The van der Waals surface area contributed by atoms with Gasteiger partial charge in [0.2, 0.25) is 0 Å². The second kappa shape index (κ2) is 4.24. The van der Waals surface area contributed by atoms with Crippen molar-refractivity contribution in [3.05, 3.63) is 41.9 Å². The first-order valence-corrected chi connectivity index (χ1v) is 6.72. The van der Waals surface area contributed by atoms with E-state index in [1.54, 1.807) is 0 Å². The van der Waals surface area contributed by atoms with Gasteiger partial charge in [0, 0.05) is 0 Å². The summed E-state index contributed by atoms with van der Waals surface area (Å²) in [5.74, 6) is 1.36. The van der Waals surface area contributed by atoms with Crippen molar-refractivity contribution >= 4 is 0 Å². The third kappa shape index (κ3) is 2.04. The third-order valence-corrected chi connectivity index (χ3v) is 3.88. The van der Waals surface area contributed by atoms with Crippen molar-refractivity contribution in [1.29, 1.82) is 5.26 Å². The Morgan fingerprint density at radius 2 is 1.95 bits per heavy atom. The molecule has 1 fully saturated rings. The normalized spacial score (nSPS) is 16.3. The molecule has 2 aromatic rings. The summed E-state index contributed by atoms with van der Waals surface area (Å²) in [6, 6.07) is 10.9. The monoisotopic (exact) mass is 251 g/mol. The van der Waals surface area contributed by atoms with Crippen molar-refractivity contribution in [2.75, 3.05) is 0 Å². The maximum atomic E-state index is 9.18. The summed E-state index contributed by atoms with van der Waals surface area (Å²) in [5.41, 5.74) is 3.11. The lowest BCUT2D eigenvalue weighted by molar-refractivity contribution is 0.822. The van der Waals surface area contributed by atoms with Crippen LogP contribution in [0, 0.1) is 11.3 Å². The van der Waals surface area contributed by atoms with Gasteiger partial charge in [-0.05, 0) is 29.9 Å². The molecule has 1 N–H and O–H groups in total. The Morgan fingerprint density at radius 1 is 1.26 bits per heavy atom. The number of aromatic amines is 1. The van der Waals surface area contributed by atoms with Gasteiger partial charge in [0.25, 0.3) is 0 Å². The molecule has 1 saturated carbocycles. The van der Waals surface area contributed by atoms with E-state index in [4.69, 9.17) is 0 Å². The summed E-state index contributed by atoms with van der Waals surface area (Å²) in [4.78, 5) is 7.68. The van der Waals surface area contributed by atoms with Crippen LogP contribution in [0.4, 0.5) is 0 Å². The summed E-state index contributed by atoms with van der Waals surface area (Å²) < 4.78 is 0. The number of hydrogen-bond acceptors (Lipinski definition) is 2. The zero-order valence-corrected chi connectivity index (χ0v) is 11.3. The molecule has 0 radical (unpaired) electrons. The van der Waals surface area contributed by atoms with Crippen molar-refractivity contribution in [1.82, 2.24) is 9.97 Å². The maximum Gasteiger partial charge on any atom is 0.127 e. The molecule has 1 aromatic carbocycles. The van der Waals surface area contributed by atoms with Crippen molar-refractivity contribution in [2.45, 2.75) is 38.0 Å². The fraction of sp³-hybridized carbons (Fsp3) is 0.375. The topological polar surface area (TPSA) is 52.5 Å². The van der Waals surface area contributed by atoms with Gasteiger partial charge in [0.05, 0.1) is 18.0 Å². The second-order valence-corrected chi connectivity index (χ2v) is 5.62. The molecule has 0 spiro atoms. The number of rotatable bonds is 3. The number of nitriles is 1. The number of nitrogens with zero attached hydrogens (tertiary/aromatic N) is 2. The van der Waals surface area contributed by atoms with Gasteiger partial charge < -0.3 is 4.98 Å². The van der Waals surface area contributed by atoms with Crippen LogP contribution in [-0.2, 0) is 5.41 Å². The Labute approximate surface area is 113 Å². The molecule has 0 amide bonds. The Bertz CT molecular complexity index is 625. The summed E-state index contributed by atoms with van der Waals surface area (Å²) >= 11 is 0. The number of nitrogens with one attached hydrogen (secondary N) is 1. The van der Waals surface area contributed by atoms with Gasteiger partial charge >= 0.3 is 0 Å². The van der Waals surface area contributed by atoms with Crippen LogP contribution in [0.25, 0.3) is 11.3 Å². The van der Waals surface area contributed by atoms with Gasteiger partial charge in [-0.3, -0.25) is 0 Å². The number of imidazole rings is 1. The average molecular weight is 251 g/mol. The molecule has 0 aliphatic heterocycles. The second-order valence-electron chi connectivity index (χ2n) is 5.62. The van der Waals surface area contributed by atoms with Crippen LogP contribution in [0.15, 0.2) is 30.5 Å². The van der Waals surface area contributed by atoms with Crippen molar-refractivity contribution in [3.8, 4) is 17.3 Å². The highest BCUT2D eigenvalue weighted by atomic mass is 15.0. The average Bonchev–Trinajstić information content (AvgIpc) is 3.08. The minimum absolute atomic E-state index is 0.337. The van der Waals surface area contributed by atoms with E-state index < -0.39 is 0 Å². The van der Waals surface area contributed by atoms with E-state index in [-0.39, 0.29) is 5.41 Å². The number of H-pyrrole nitrogens is 1. The van der Waals surface area contributed by atoms with E-state index in [1.165, 1.54) is 5.56 Å². The molecule has 96 valence electrons. The van der Waals surface area contributed by atoms with Crippen LogP contribution in [0.5, 0.6) is 0 Å². The maximum absolute atomic E-state index is 9.18. The number of aromatic nitrogens is 2. The third-order valence-electron chi connectivity index (χ3n) is 3.88. The standard InChI is InChI=1S/C16H17N3/c1-11(2)12-3-5-13(6-4-12)14-9-18-15(19-14)16(10-17)7-8-16/h3-6,9,11H,7-8H2,1-2H3,(H,18,19). The lowest BCUT2D eigenvalue weighted by Crippen LogP contribution is -2.04. The van der Waals surface area contributed by atoms with Crippen LogP contribution in [0.2, 0.25) is 0 Å². The zero-order valence-electron chi connectivity index (χ0n) is 11.3. The molecule has 0 atom stereocenters. The minimum Gasteiger partial charge on any atom is -0.341 e. The van der Waals surface area contributed by atoms with E-state index in [2.05, 4.69) is 54.2 Å². The highest BCUT2D eigenvalue weighted by Gasteiger charge is 2.47. The first-order valence-electron chi connectivity index (χ1n) is 6.72. The molecule has 0 saturated heterocycles. The SMILES string of the molecule is CC(C)c1ccc(-c2cnc(C3(C#N)CC3)[nH]2)cc1. The van der Waals surface area contributed by atoms with Gasteiger partial charge in [-0.1, -0.05) is 38.1 Å². The number of hydrogen-bond donors (Lipinski definition) is 1. The molecule has 1 aliphatic rings. The molecule has 19 heavy (non-hydrogen) atoms. The fourth-order valence-electron chi connectivity index (χ4n) is 2.29. The van der Waals surface area contributed by atoms with Gasteiger partial charge in [0.1, 0.15) is 11.2 Å². The summed E-state index contributed by atoms with van der Waals surface area (Å²) in [6.45, 7) is 4.38. The van der Waals surface area contributed by atoms with E-state index in [1.807, 2.05) is 6.20 Å². The van der Waals surface area contributed by atoms with Crippen LogP contribution in [0.1, 0.15) is 44.0 Å². The fourth-order valence-corrected chi connectivity index (χ4v) is 2.29. The molecule has 0 bridgehead atoms. The van der Waals surface area contributed by atoms with Gasteiger partial charge in [-0.15, -0.1) is 0 Å². The minimum atomic E-state index is -0.337. The zero-order chi connectivity index (χ0) is 13.5. The van der Waals surface area contributed by atoms with Crippen LogP contribution < -0.4 is 0 Å². The first-order chi connectivity index (χ1) is 9.14. The predicted molar refractivity (Wildman–Crippen MR) is 74.6 cm³/mol. The molecule has 0 unspecified atom stereocenters. The Hall–Kier alpha value is -2.08. The van der Waals surface area contributed by atoms with E-state index >= 15 is 0 Å².